The molecular weight excluding hydrogens is 273 g/mol. The topological polar surface area (TPSA) is 28.2 Å². The fourth-order valence-corrected chi connectivity index (χ4v) is 3.35. The van der Waals surface area contributed by atoms with Gasteiger partial charge in [-0.3, -0.25) is 0 Å². The van der Waals surface area contributed by atoms with Gasteiger partial charge < -0.3 is 10.2 Å². The number of aromatic nitrogens is 1. The smallest absolute Gasteiger partial charge is 0.190 e. The zero-order chi connectivity index (χ0) is 14.5. The minimum absolute atomic E-state index is 0.214. The molecule has 2 aromatic rings. The van der Waals surface area contributed by atoms with Crippen LogP contribution in [0.4, 0.5) is 15.2 Å². The quantitative estimate of drug-likeness (QED) is 0.880. The minimum atomic E-state index is -0.214. The van der Waals surface area contributed by atoms with Crippen molar-refractivity contribution in [2.45, 2.75) is 26.8 Å². The van der Waals surface area contributed by atoms with Gasteiger partial charge in [0.25, 0.3) is 0 Å². The van der Waals surface area contributed by atoms with Crippen LogP contribution < -0.4 is 10.2 Å². The van der Waals surface area contributed by atoms with Gasteiger partial charge in [-0.05, 0) is 44.7 Å². The minimum Gasteiger partial charge on any atom is -0.318 e. The van der Waals surface area contributed by atoms with Crippen molar-refractivity contribution in [2.24, 2.45) is 0 Å². The molecule has 1 aromatic heterocycles. The molecule has 0 unspecified atom stereocenters. The van der Waals surface area contributed by atoms with Crippen LogP contribution in [0.25, 0.3) is 0 Å². The lowest BCUT2D eigenvalue weighted by Crippen LogP contribution is -2.15. The Morgan fingerprint density at radius 3 is 2.50 bits per heavy atom. The van der Waals surface area contributed by atoms with Crippen molar-refractivity contribution < 1.29 is 4.39 Å². The van der Waals surface area contributed by atoms with Crippen molar-refractivity contribution >= 4 is 22.2 Å². The van der Waals surface area contributed by atoms with Crippen LogP contribution in [0.5, 0.6) is 0 Å². The maximum Gasteiger partial charge on any atom is 0.190 e. The van der Waals surface area contributed by atoms with Gasteiger partial charge in [-0.2, -0.15) is 0 Å². The molecule has 0 aliphatic heterocycles. The Morgan fingerprint density at radius 1 is 1.25 bits per heavy atom. The van der Waals surface area contributed by atoms with E-state index in [1.807, 2.05) is 7.05 Å². The highest BCUT2D eigenvalue weighted by Gasteiger charge is 2.15. The van der Waals surface area contributed by atoms with E-state index in [4.69, 9.17) is 4.98 Å². The zero-order valence-electron chi connectivity index (χ0n) is 12.1. The molecule has 0 aliphatic rings. The number of nitrogens with zero attached hydrogens (tertiary/aromatic N) is 2. The van der Waals surface area contributed by atoms with E-state index in [1.165, 1.54) is 17.0 Å². The molecule has 1 N–H and O–H groups in total. The van der Waals surface area contributed by atoms with E-state index in [0.717, 1.165) is 36.0 Å². The SMILES string of the molecule is CCc1nc(N(CC)c2ccc(F)cc2)sc1CNC. The maximum absolute atomic E-state index is 13.0. The third-order valence-electron chi connectivity index (χ3n) is 3.12. The second-order valence-electron chi connectivity index (χ2n) is 4.47. The third-order valence-corrected chi connectivity index (χ3v) is 4.25. The van der Waals surface area contributed by atoms with Gasteiger partial charge in [0.2, 0.25) is 0 Å². The van der Waals surface area contributed by atoms with Gasteiger partial charge in [-0.15, -0.1) is 0 Å². The van der Waals surface area contributed by atoms with Gasteiger partial charge in [-0.1, -0.05) is 18.3 Å². The van der Waals surface area contributed by atoms with E-state index in [0.29, 0.717) is 0 Å². The van der Waals surface area contributed by atoms with Crippen molar-refractivity contribution in [3.63, 3.8) is 0 Å². The average molecular weight is 293 g/mol. The number of aryl methyl sites for hydroxylation is 1. The molecular formula is C15H20FN3S. The lowest BCUT2D eigenvalue weighted by molar-refractivity contribution is 0.628. The summed E-state index contributed by atoms with van der Waals surface area (Å²) in [7, 11) is 1.94. The van der Waals surface area contributed by atoms with Crippen LogP contribution in [0.2, 0.25) is 0 Å². The van der Waals surface area contributed by atoms with Crippen molar-refractivity contribution in [3.05, 3.63) is 40.7 Å². The average Bonchev–Trinajstić information content (AvgIpc) is 2.85. The number of rotatable bonds is 6. The summed E-state index contributed by atoms with van der Waals surface area (Å²) in [6, 6.07) is 6.56. The van der Waals surface area contributed by atoms with E-state index < -0.39 is 0 Å². The summed E-state index contributed by atoms with van der Waals surface area (Å²) < 4.78 is 13.0. The molecule has 108 valence electrons. The molecule has 0 atom stereocenters. The summed E-state index contributed by atoms with van der Waals surface area (Å²) in [5, 5.41) is 4.15. The first kappa shape index (κ1) is 14.9. The van der Waals surface area contributed by atoms with E-state index in [9.17, 15) is 4.39 Å². The largest absolute Gasteiger partial charge is 0.318 e. The van der Waals surface area contributed by atoms with E-state index in [1.54, 1.807) is 23.5 Å². The predicted octanol–water partition coefficient (Wildman–Crippen LogP) is 3.72. The highest BCUT2D eigenvalue weighted by molar-refractivity contribution is 7.15. The summed E-state index contributed by atoms with van der Waals surface area (Å²) in [6.07, 6.45) is 0.925. The van der Waals surface area contributed by atoms with Crippen molar-refractivity contribution in [1.29, 1.82) is 0 Å². The Kier molecular flexibility index (Phi) is 5.09. The monoisotopic (exact) mass is 293 g/mol. The molecule has 3 nitrogen and oxygen atoms in total. The number of nitrogens with one attached hydrogen (secondary N) is 1. The van der Waals surface area contributed by atoms with E-state index in [-0.39, 0.29) is 5.82 Å². The van der Waals surface area contributed by atoms with Gasteiger partial charge in [0.05, 0.1) is 5.69 Å². The second-order valence-corrected chi connectivity index (χ2v) is 5.53. The van der Waals surface area contributed by atoms with Crippen LogP contribution in [-0.2, 0) is 13.0 Å². The fourth-order valence-electron chi connectivity index (χ4n) is 2.11. The molecule has 20 heavy (non-hydrogen) atoms. The lowest BCUT2D eigenvalue weighted by Gasteiger charge is -2.19. The number of thiazole rings is 1. The Labute approximate surface area is 123 Å². The van der Waals surface area contributed by atoms with Crippen molar-refractivity contribution in [1.82, 2.24) is 10.3 Å². The summed E-state index contributed by atoms with van der Waals surface area (Å²) in [4.78, 5) is 8.11. The number of benzene rings is 1. The van der Waals surface area contributed by atoms with Crippen LogP contribution in [0.3, 0.4) is 0 Å². The summed E-state index contributed by atoms with van der Waals surface area (Å²) >= 11 is 1.70. The molecule has 0 saturated heterocycles. The predicted molar refractivity (Wildman–Crippen MR) is 83.3 cm³/mol. The number of anilines is 2. The van der Waals surface area contributed by atoms with Crippen LogP contribution in [-0.4, -0.2) is 18.6 Å². The maximum atomic E-state index is 13.0. The first-order chi connectivity index (χ1) is 9.69. The Morgan fingerprint density at radius 2 is 1.95 bits per heavy atom. The second kappa shape index (κ2) is 6.81. The van der Waals surface area contributed by atoms with Gasteiger partial charge in [0, 0.05) is 23.7 Å². The van der Waals surface area contributed by atoms with Gasteiger partial charge in [-0.25, -0.2) is 9.37 Å². The molecule has 2 rings (SSSR count). The Hall–Kier alpha value is -1.46. The van der Waals surface area contributed by atoms with Crippen LogP contribution in [0, 0.1) is 5.82 Å². The zero-order valence-corrected chi connectivity index (χ0v) is 12.9. The number of hydrogen-bond donors (Lipinski definition) is 1. The molecule has 0 fully saturated rings. The third kappa shape index (κ3) is 3.16. The molecule has 0 saturated carbocycles. The summed E-state index contributed by atoms with van der Waals surface area (Å²) in [6.45, 7) is 5.84. The first-order valence-corrected chi connectivity index (χ1v) is 7.67. The molecule has 0 aliphatic carbocycles. The molecule has 5 heteroatoms. The van der Waals surface area contributed by atoms with Gasteiger partial charge >= 0.3 is 0 Å². The van der Waals surface area contributed by atoms with Gasteiger partial charge in [0.1, 0.15) is 5.82 Å². The first-order valence-electron chi connectivity index (χ1n) is 6.85. The summed E-state index contributed by atoms with van der Waals surface area (Å²) in [5.74, 6) is -0.214. The Balaban J connectivity index is 2.33. The number of hydrogen-bond acceptors (Lipinski definition) is 4. The molecule has 1 aromatic carbocycles. The van der Waals surface area contributed by atoms with Gasteiger partial charge in [0.15, 0.2) is 5.13 Å². The van der Waals surface area contributed by atoms with E-state index in [2.05, 4.69) is 24.1 Å². The Bertz CT molecular complexity index is 551. The highest BCUT2D eigenvalue weighted by atomic mass is 32.1. The fraction of sp³-hybridized carbons (Fsp3) is 0.400. The molecule has 1 heterocycles. The lowest BCUT2D eigenvalue weighted by atomic mass is 10.3. The molecule has 0 amide bonds. The standard InChI is InChI=1S/C15H20FN3S/c1-4-13-14(10-17-3)20-15(18-13)19(5-2)12-8-6-11(16)7-9-12/h6-9,17H,4-5,10H2,1-3H3. The van der Waals surface area contributed by atoms with Crippen molar-refractivity contribution in [2.75, 3.05) is 18.5 Å². The van der Waals surface area contributed by atoms with Crippen LogP contribution in [0.1, 0.15) is 24.4 Å². The molecule has 0 radical (unpaired) electrons. The normalized spacial score (nSPS) is 10.8. The van der Waals surface area contributed by atoms with Crippen molar-refractivity contribution in [3.8, 4) is 0 Å². The summed E-state index contributed by atoms with van der Waals surface area (Å²) in [5.41, 5.74) is 2.11. The van der Waals surface area contributed by atoms with Crippen LogP contribution in [0.15, 0.2) is 24.3 Å². The number of halogens is 1. The highest BCUT2D eigenvalue weighted by Crippen LogP contribution is 2.32. The molecule has 0 spiro atoms. The molecule has 0 bridgehead atoms. The van der Waals surface area contributed by atoms with Crippen LogP contribution >= 0.6 is 11.3 Å². The van der Waals surface area contributed by atoms with E-state index >= 15 is 0 Å².